The van der Waals surface area contributed by atoms with Crippen LogP contribution in [0.2, 0.25) is 5.02 Å². The number of imidazole rings is 1. The summed E-state index contributed by atoms with van der Waals surface area (Å²) in [6, 6.07) is 7.37. The van der Waals surface area contributed by atoms with Gasteiger partial charge in [0.15, 0.2) is 10.1 Å². The van der Waals surface area contributed by atoms with Crippen molar-refractivity contribution in [2.75, 3.05) is 6.54 Å². The summed E-state index contributed by atoms with van der Waals surface area (Å²) in [4.78, 5) is 33.0. The lowest BCUT2D eigenvalue weighted by atomic mass is 10.1. The molecule has 3 heterocycles. The van der Waals surface area contributed by atoms with Gasteiger partial charge in [-0.2, -0.15) is 0 Å². The standard InChI is InChI=1S/C19H13ClN4O2S3/c1-2-7-24-17(26)13(15(25)21-18(24)27)10-14-16(22-19-23(14)8-9-28-19)29-12-5-3-11(20)4-6-12/h2-6,8-10H,1,7H2,(H,21,25,27)/b13-10+. The lowest BCUT2D eigenvalue weighted by molar-refractivity contribution is -0.128. The van der Waals surface area contributed by atoms with E-state index in [2.05, 4.69) is 16.9 Å². The summed E-state index contributed by atoms with van der Waals surface area (Å²) in [5, 5.41) is 5.84. The molecule has 0 radical (unpaired) electrons. The van der Waals surface area contributed by atoms with Crippen LogP contribution in [0.25, 0.3) is 11.0 Å². The van der Waals surface area contributed by atoms with E-state index in [0.29, 0.717) is 15.7 Å². The predicted molar refractivity (Wildman–Crippen MR) is 119 cm³/mol. The Bertz CT molecular complexity index is 1180. The van der Waals surface area contributed by atoms with Crippen LogP contribution in [-0.4, -0.2) is 37.8 Å². The summed E-state index contributed by atoms with van der Waals surface area (Å²) in [6.45, 7) is 3.84. The van der Waals surface area contributed by atoms with Crippen LogP contribution in [0.4, 0.5) is 0 Å². The number of thiocarbonyl (C=S) groups is 1. The number of fused-ring (bicyclic) bond motifs is 1. The fourth-order valence-electron chi connectivity index (χ4n) is 2.73. The summed E-state index contributed by atoms with van der Waals surface area (Å²) < 4.78 is 1.85. The third-order valence-electron chi connectivity index (χ3n) is 4.07. The number of carbonyl (C=O) groups excluding carboxylic acids is 2. The number of hydrogen-bond acceptors (Lipinski definition) is 6. The molecule has 0 aliphatic carbocycles. The third-order valence-corrected chi connectivity index (χ3v) is 6.40. The Morgan fingerprint density at radius 3 is 2.79 bits per heavy atom. The number of rotatable bonds is 5. The molecule has 0 spiro atoms. The normalized spacial score (nSPS) is 16.0. The fourth-order valence-corrected chi connectivity index (χ4v) is 4.77. The number of thiazole rings is 1. The molecule has 4 rings (SSSR count). The van der Waals surface area contributed by atoms with E-state index in [9.17, 15) is 9.59 Å². The van der Waals surface area contributed by atoms with Crippen LogP contribution in [0.1, 0.15) is 5.69 Å². The highest BCUT2D eigenvalue weighted by molar-refractivity contribution is 7.99. The number of halogens is 1. The van der Waals surface area contributed by atoms with E-state index < -0.39 is 11.8 Å². The van der Waals surface area contributed by atoms with E-state index in [1.807, 2.05) is 28.1 Å². The van der Waals surface area contributed by atoms with Gasteiger partial charge in [0.05, 0.1) is 5.69 Å². The van der Waals surface area contributed by atoms with E-state index in [4.69, 9.17) is 23.8 Å². The molecule has 1 aliphatic rings. The maximum absolute atomic E-state index is 12.9. The molecule has 1 aliphatic heterocycles. The summed E-state index contributed by atoms with van der Waals surface area (Å²) in [7, 11) is 0. The summed E-state index contributed by atoms with van der Waals surface area (Å²) >= 11 is 14.0. The van der Waals surface area contributed by atoms with Gasteiger partial charge in [-0.05, 0) is 42.6 Å². The molecule has 2 aromatic heterocycles. The smallest absolute Gasteiger partial charge is 0.266 e. The largest absolute Gasteiger partial charge is 0.298 e. The molecule has 1 fully saturated rings. The van der Waals surface area contributed by atoms with Gasteiger partial charge in [0.1, 0.15) is 10.6 Å². The Hall–Kier alpha value is -2.46. The molecule has 1 aromatic carbocycles. The Morgan fingerprint density at radius 1 is 1.31 bits per heavy atom. The van der Waals surface area contributed by atoms with Crippen molar-refractivity contribution in [2.24, 2.45) is 0 Å². The maximum Gasteiger partial charge on any atom is 0.266 e. The van der Waals surface area contributed by atoms with Gasteiger partial charge in [-0.25, -0.2) is 4.98 Å². The topological polar surface area (TPSA) is 66.7 Å². The van der Waals surface area contributed by atoms with E-state index in [-0.39, 0.29) is 17.2 Å². The Labute approximate surface area is 184 Å². The number of amides is 2. The zero-order chi connectivity index (χ0) is 20.5. The first-order valence-electron chi connectivity index (χ1n) is 8.36. The zero-order valence-corrected chi connectivity index (χ0v) is 18.0. The third kappa shape index (κ3) is 3.86. The van der Waals surface area contributed by atoms with Crippen molar-refractivity contribution in [2.45, 2.75) is 9.92 Å². The van der Waals surface area contributed by atoms with E-state index in [0.717, 1.165) is 9.86 Å². The Morgan fingerprint density at radius 2 is 2.07 bits per heavy atom. The number of nitrogens with zero attached hydrogens (tertiary/aromatic N) is 3. The quantitative estimate of drug-likeness (QED) is 0.269. The minimum atomic E-state index is -0.534. The summed E-state index contributed by atoms with van der Waals surface area (Å²) in [5.41, 5.74) is 0.637. The number of hydrogen-bond donors (Lipinski definition) is 1. The second-order valence-electron chi connectivity index (χ2n) is 5.94. The molecule has 146 valence electrons. The molecule has 0 saturated carbocycles. The first-order chi connectivity index (χ1) is 14.0. The summed E-state index contributed by atoms with van der Waals surface area (Å²) in [5.74, 6) is -1.00. The minimum absolute atomic E-state index is 0.00796. The van der Waals surface area contributed by atoms with E-state index >= 15 is 0 Å². The van der Waals surface area contributed by atoms with E-state index in [1.54, 1.807) is 24.3 Å². The highest BCUT2D eigenvalue weighted by Crippen LogP contribution is 2.34. The molecule has 10 heteroatoms. The lowest BCUT2D eigenvalue weighted by Crippen LogP contribution is -2.53. The van der Waals surface area contributed by atoms with Crippen molar-refractivity contribution in [3.8, 4) is 0 Å². The zero-order valence-electron chi connectivity index (χ0n) is 14.8. The second-order valence-corrected chi connectivity index (χ2v) is 8.69. The SMILES string of the molecule is C=CCN1C(=O)/C(=C/c2c(Sc3ccc(Cl)cc3)nc3sccn23)C(=O)NC1=S. The van der Waals surface area contributed by atoms with E-state index in [1.165, 1.54) is 28.0 Å². The molecule has 0 unspecified atom stereocenters. The van der Waals surface area contributed by atoms with Crippen LogP contribution in [0.15, 0.2) is 64.0 Å². The monoisotopic (exact) mass is 460 g/mol. The first kappa shape index (κ1) is 19.8. The predicted octanol–water partition coefficient (Wildman–Crippen LogP) is 4.01. The second kappa shape index (κ2) is 8.11. The maximum atomic E-state index is 12.9. The highest BCUT2D eigenvalue weighted by atomic mass is 35.5. The molecular formula is C19H13ClN4O2S3. The van der Waals surface area contributed by atoms with Gasteiger partial charge in [0.25, 0.3) is 11.8 Å². The molecule has 0 bridgehead atoms. The molecule has 0 atom stereocenters. The number of carbonyl (C=O) groups is 2. The molecule has 2 amide bonds. The minimum Gasteiger partial charge on any atom is -0.298 e. The molecule has 29 heavy (non-hydrogen) atoms. The van der Waals surface area contributed by atoms with Crippen molar-refractivity contribution in [1.29, 1.82) is 0 Å². The number of aromatic nitrogens is 2. The lowest BCUT2D eigenvalue weighted by Gasteiger charge is -2.27. The fraction of sp³-hybridized carbons (Fsp3) is 0.0526. The average molecular weight is 461 g/mol. The van der Waals surface area contributed by atoms with Gasteiger partial charge in [-0.1, -0.05) is 29.4 Å². The Balaban J connectivity index is 1.78. The first-order valence-corrected chi connectivity index (χ1v) is 10.8. The summed E-state index contributed by atoms with van der Waals surface area (Å²) in [6.07, 6.45) is 4.96. The number of nitrogens with one attached hydrogen (secondary N) is 1. The average Bonchev–Trinajstić information content (AvgIpc) is 3.26. The van der Waals surface area contributed by atoms with Crippen LogP contribution in [0, 0.1) is 0 Å². The van der Waals surface area contributed by atoms with Crippen molar-refractivity contribution < 1.29 is 9.59 Å². The van der Waals surface area contributed by atoms with Crippen molar-refractivity contribution in [3.05, 3.63) is 64.8 Å². The molecular weight excluding hydrogens is 448 g/mol. The van der Waals surface area contributed by atoms with Gasteiger partial charge in [0.2, 0.25) is 0 Å². The van der Waals surface area contributed by atoms with Gasteiger partial charge in [-0.15, -0.1) is 17.9 Å². The highest BCUT2D eigenvalue weighted by Gasteiger charge is 2.33. The number of benzene rings is 1. The van der Waals surface area contributed by atoms with Crippen LogP contribution < -0.4 is 5.32 Å². The molecule has 1 N–H and O–H groups in total. The van der Waals surface area contributed by atoms with Crippen molar-refractivity contribution >= 4 is 74.9 Å². The van der Waals surface area contributed by atoms with Gasteiger partial charge >= 0.3 is 0 Å². The van der Waals surface area contributed by atoms with Crippen molar-refractivity contribution in [1.82, 2.24) is 19.6 Å². The van der Waals surface area contributed by atoms with Crippen LogP contribution in [-0.2, 0) is 9.59 Å². The van der Waals surface area contributed by atoms with Gasteiger partial charge in [-0.3, -0.25) is 24.2 Å². The van der Waals surface area contributed by atoms with Crippen LogP contribution >= 0.6 is 46.9 Å². The van der Waals surface area contributed by atoms with Crippen molar-refractivity contribution in [3.63, 3.8) is 0 Å². The molecule has 6 nitrogen and oxygen atoms in total. The van der Waals surface area contributed by atoms with Gasteiger partial charge in [0, 0.05) is 28.0 Å². The molecule has 1 saturated heterocycles. The van der Waals surface area contributed by atoms with Gasteiger partial charge < -0.3 is 0 Å². The Kier molecular flexibility index (Phi) is 5.55. The van der Waals surface area contributed by atoms with Crippen LogP contribution in [0.3, 0.4) is 0 Å². The van der Waals surface area contributed by atoms with Crippen LogP contribution in [0.5, 0.6) is 0 Å². The molecule has 3 aromatic rings.